The molecule has 0 bridgehead atoms. The van der Waals surface area contributed by atoms with Gasteiger partial charge < -0.3 is 14.9 Å². The molecule has 1 aromatic heterocycles. The Bertz CT molecular complexity index is 766. The van der Waals surface area contributed by atoms with E-state index in [2.05, 4.69) is 15.9 Å². The molecular formula is C17H16BrNO2. The first-order valence-corrected chi connectivity index (χ1v) is 7.54. The molecular weight excluding hydrogens is 330 g/mol. The maximum Gasteiger partial charge on any atom is 0.148 e. The fourth-order valence-electron chi connectivity index (χ4n) is 2.44. The average Bonchev–Trinajstić information content (AvgIpc) is 2.93. The lowest BCUT2D eigenvalue weighted by Crippen LogP contribution is -2.13. The fourth-order valence-corrected chi connectivity index (χ4v) is 2.90. The molecule has 0 aliphatic carbocycles. The van der Waals surface area contributed by atoms with Crippen LogP contribution < -0.4 is 10.5 Å². The topological polar surface area (TPSA) is 48.4 Å². The maximum absolute atomic E-state index is 6.30. The molecule has 0 saturated carbocycles. The molecule has 0 fully saturated rings. The van der Waals surface area contributed by atoms with Crippen molar-refractivity contribution in [1.29, 1.82) is 0 Å². The first-order valence-electron chi connectivity index (χ1n) is 6.74. The first-order chi connectivity index (χ1) is 10.2. The zero-order chi connectivity index (χ0) is 14.8. The summed E-state index contributed by atoms with van der Waals surface area (Å²) in [7, 11) is 1.67. The van der Waals surface area contributed by atoms with E-state index in [-0.39, 0.29) is 6.04 Å². The molecule has 0 amide bonds. The highest BCUT2D eigenvalue weighted by Gasteiger charge is 2.15. The highest BCUT2D eigenvalue weighted by atomic mass is 79.9. The third-order valence-corrected chi connectivity index (χ3v) is 4.14. The zero-order valence-electron chi connectivity index (χ0n) is 11.7. The minimum atomic E-state index is -0.208. The Morgan fingerprint density at radius 3 is 2.76 bits per heavy atom. The average molecular weight is 346 g/mol. The van der Waals surface area contributed by atoms with Gasteiger partial charge in [0.15, 0.2) is 0 Å². The normalized spacial score (nSPS) is 12.5. The molecule has 2 aromatic carbocycles. The molecule has 0 aliphatic rings. The van der Waals surface area contributed by atoms with Crippen molar-refractivity contribution >= 4 is 26.9 Å². The van der Waals surface area contributed by atoms with Gasteiger partial charge in [-0.15, -0.1) is 0 Å². The molecule has 108 valence electrons. The summed E-state index contributed by atoms with van der Waals surface area (Å²) >= 11 is 3.49. The van der Waals surface area contributed by atoms with Gasteiger partial charge in [-0.2, -0.15) is 0 Å². The summed E-state index contributed by atoms with van der Waals surface area (Å²) in [5.41, 5.74) is 8.21. The molecule has 0 radical (unpaired) electrons. The van der Waals surface area contributed by atoms with Crippen LogP contribution in [0.1, 0.15) is 17.4 Å². The SMILES string of the molecule is COc1ccccc1CC(N)c1cc2cccc(Br)c2o1. The number of nitrogens with two attached hydrogens (primary N) is 1. The number of para-hydroxylation sites is 2. The van der Waals surface area contributed by atoms with Crippen LogP contribution in [0.15, 0.2) is 57.4 Å². The van der Waals surface area contributed by atoms with Crippen LogP contribution >= 0.6 is 15.9 Å². The summed E-state index contributed by atoms with van der Waals surface area (Å²) in [6, 6.07) is 15.7. The van der Waals surface area contributed by atoms with Gasteiger partial charge in [0.2, 0.25) is 0 Å². The van der Waals surface area contributed by atoms with Crippen LogP contribution in [0, 0.1) is 0 Å². The van der Waals surface area contributed by atoms with E-state index in [4.69, 9.17) is 14.9 Å². The molecule has 1 unspecified atom stereocenters. The second-order valence-corrected chi connectivity index (χ2v) is 5.78. The highest BCUT2D eigenvalue weighted by molar-refractivity contribution is 9.10. The van der Waals surface area contributed by atoms with Crippen molar-refractivity contribution in [3.05, 3.63) is 64.3 Å². The predicted molar refractivity (Wildman–Crippen MR) is 87.5 cm³/mol. The highest BCUT2D eigenvalue weighted by Crippen LogP contribution is 2.31. The summed E-state index contributed by atoms with van der Waals surface area (Å²) in [6.07, 6.45) is 0.668. The summed E-state index contributed by atoms with van der Waals surface area (Å²) < 4.78 is 12.2. The smallest absolute Gasteiger partial charge is 0.148 e. The monoisotopic (exact) mass is 345 g/mol. The van der Waals surface area contributed by atoms with E-state index in [9.17, 15) is 0 Å². The molecule has 1 heterocycles. The number of hydrogen-bond donors (Lipinski definition) is 1. The zero-order valence-corrected chi connectivity index (χ0v) is 13.3. The number of furan rings is 1. The van der Waals surface area contributed by atoms with Gasteiger partial charge in [-0.25, -0.2) is 0 Å². The Morgan fingerprint density at radius 1 is 1.19 bits per heavy atom. The van der Waals surface area contributed by atoms with E-state index in [1.54, 1.807) is 7.11 Å². The van der Waals surface area contributed by atoms with Crippen LogP contribution in [0.3, 0.4) is 0 Å². The summed E-state index contributed by atoms with van der Waals surface area (Å²) in [6.45, 7) is 0. The molecule has 0 aliphatic heterocycles. The lowest BCUT2D eigenvalue weighted by atomic mass is 10.0. The Kier molecular flexibility index (Phi) is 3.99. The van der Waals surface area contributed by atoms with Gasteiger partial charge in [0.05, 0.1) is 17.6 Å². The van der Waals surface area contributed by atoms with Crippen LogP contribution in [0.5, 0.6) is 5.75 Å². The van der Waals surface area contributed by atoms with E-state index >= 15 is 0 Å². The minimum absolute atomic E-state index is 0.208. The molecule has 2 N–H and O–H groups in total. The molecule has 21 heavy (non-hydrogen) atoms. The number of fused-ring (bicyclic) bond motifs is 1. The number of methoxy groups -OCH3 is 1. The van der Waals surface area contributed by atoms with Crippen molar-refractivity contribution < 1.29 is 9.15 Å². The number of ether oxygens (including phenoxy) is 1. The van der Waals surface area contributed by atoms with Gasteiger partial charge in [-0.05, 0) is 46.1 Å². The maximum atomic E-state index is 6.30. The summed E-state index contributed by atoms with van der Waals surface area (Å²) in [5, 5.41) is 1.05. The summed E-state index contributed by atoms with van der Waals surface area (Å²) in [5.74, 6) is 1.63. The van der Waals surface area contributed by atoms with Gasteiger partial charge in [-0.1, -0.05) is 30.3 Å². The van der Waals surface area contributed by atoms with Crippen LogP contribution in [0.2, 0.25) is 0 Å². The molecule has 1 atom stereocenters. The van der Waals surface area contributed by atoms with E-state index in [1.807, 2.05) is 48.5 Å². The van der Waals surface area contributed by atoms with Gasteiger partial charge in [0.1, 0.15) is 17.1 Å². The lowest BCUT2D eigenvalue weighted by Gasteiger charge is -2.12. The van der Waals surface area contributed by atoms with Gasteiger partial charge in [-0.3, -0.25) is 0 Å². The van der Waals surface area contributed by atoms with Gasteiger partial charge >= 0.3 is 0 Å². The second-order valence-electron chi connectivity index (χ2n) is 4.93. The van der Waals surface area contributed by atoms with E-state index < -0.39 is 0 Å². The van der Waals surface area contributed by atoms with Crippen LogP contribution in [0.4, 0.5) is 0 Å². The summed E-state index contributed by atoms with van der Waals surface area (Å²) in [4.78, 5) is 0. The molecule has 3 rings (SSSR count). The minimum Gasteiger partial charge on any atom is -0.496 e. The predicted octanol–water partition coefficient (Wildman–Crippen LogP) is 4.45. The number of hydrogen-bond acceptors (Lipinski definition) is 3. The third-order valence-electron chi connectivity index (χ3n) is 3.51. The van der Waals surface area contributed by atoms with Crippen molar-refractivity contribution in [3.63, 3.8) is 0 Å². The first kappa shape index (κ1) is 14.2. The van der Waals surface area contributed by atoms with Crippen molar-refractivity contribution in [2.45, 2.75) is 12.5 Å². The van der Waals surface area contributed by atoms with Crippen LogP contribution in [-0.4, -0.2) is 7.11 Å². The van der Waals surface area contributed by atoms with E-state index in [0.717, 1.165) is 32.5 Å². The van der Waals surface area contributed by atoms with Crippen molar-refractivity contribution in [1.82, 2.24) is 0 Å². The molecule has 0 saturated heterocycles. The number of benzene rings is 2. The van der Waals surface area contributed by atoms with Crippen molar-refractivity contribution in [3.8, 4) is 5.75 Å². The Labute approximate surface area is 131 Å². The lowest BCUT2D eigenvalue weighted by molar-refractivity contribution is 0.405. The second kappa shape index (κ2) is 5.92. The standard InChI is InChI=1S/C17H16BrNO2/c1-20-15-8-3-2-5-11(15)9-14(19)16-10-12-6-4-7-13(18)17(12)21-16/h2-8,10,14H,9,19H2,1H3. The van der Waals surface area contributed by atoms with Gasteiger partial charge in [0, 0.05) is 5.39 Å². The van der Waals surface area contributed by atoms with Crippen molar-refractivity contribution in [2.24, 2.45) is 5.73 Å². The molecule has 4 heteroatoms. The quantitative estimate of drug-likeness (QED) is 0.759. The van der Waals surface area contributed by atoms with E-state index in [1.165, 1.54) is 0 Å². The molecule has 3 aromatic rings. The van der Waals surface area contributed by atoms with Crippen LogP contribution in [-0.2, 0) is 6.42 Å². The molecule has 0 spiro atoms. The van der Waals surface area contributed by atoms with Crippen LogP contribution in [0.25, 0.3) is 11.0 Å². The number of halogens is 1. The Morgan fingerprint density at radius 2 is 2.00 bits per heavy atom. The Balaban J connectivity index is 1.90. The third kappa shape index (κ3) is 2.82. The van der Waals surface area contributed by atoms with Crippen molar-refractivity contribution in [2.75, 3.05) is 7.11 Å². The van der Waals surface area contributed by atoms with E-state index in [0.29, 0.717) is 6.42 Å². The molecule has 3 nitrogen and oxygen atoms in total. The largest absolute Gasteiger partial charge is 0.496 e. The fraction of sp³-hybridized carbons (Fsp3) is 0.176. The Hall–Kier alpha value is -1.78. The van der Waals surface area contributed by atoms with Gasteiger partial charge in [0.25, 0.3) is 0 Å². The number of rotatable bonds is 4.